The number of aromatic nitrogens is 3. The first kappa shape index (κ1) is 27.4. The molecule has 0 bridgehead atoms. The molecule has 0 spiro atoms. The number of Topliss-reactive ketones (excluding diaryl/α,β-unsaturated/α-hetero) is 1. The predicted octanol–water partition coefficient (Wildman–Crippen LogP) is 4.76. The number of ketones is 1. The van der Waals surface area contributed by atoms with Gasteiger partial charge in [-0.15, -0.1) is 5.10 Å². The van der Waals surface area contributed by atoms with Crippen molar-refractivity contribution >= 4 is 52.7 Å². The van der Waals surface area contributed by atoms with Gasteiger partial charge in [-0.1, -0.05) is 54.0 Å². The van der Waals surface area contributed by atoms with Crippen LogP contribution in [0.15, 0.2) is 29.3 Å². The summed E-state index contributed by atoms with van der Waals surface area (Å²) < 4.78 is 18.7. The maximum atomic E-state index is 12.4. The Morgan fingerprint density at radius 2 is 1.91 bits per heavy atom. The summed E-state index contributed by atoms with van der Waals surface area (Å²) in [4.78, 5) is 36.7. The molecule has 5 atom stereocenters. The van der Waals surface area contributed by atoms with Crippen LogP contribution < -0.4 is 0 Å². The molecule has 1 saturated heterocycles. The number of carbonyl (C=O) groups is 3. The van der Waals surface area contributed by atoms with Gasteiger partial charge in [-0.25, -0.2) is 4.68 Å². The van der Waals surface area contributed by atoms with Gasteiger partial charge in [0.25, 0.3) is 0 Å². The Kier molecular flexibility index (Phi) is 9.57. The van der Waals surface area contributed by atoms with Crippen molar-refractivity contribution in [2.75, 3.05) is 6.61 Å². The highest BCUT2D eigenvalue weighted by Gasteiger charge is 2.48. The zero-order valence-corrected chi connectivity index (χ0v) is 22.1. The van der Waals surface area contributed by atoms with Crippen molar-refractivity contribution < 1.29 is 28.6 Å². The lowest BCUT2D eigenvalue weighted by Crippen LogP contribution is -2.53. The highest BCUT2D eigenvalue weighted by Crippen LogP contribution is 2.43. The molecule has 1 aliphatic heterocycles. The van der Waals surface area contributed by atoms with Gasteiger partial charge >= 0.3 is 11.9 Å². The van der Waals surface area contributed by atoms with Crippen LogP contribution in [-0.4, -0.2) is 57.0 Å². The van der Waals surface area contributed by atoms with E-state index in [2.05, 4.69) is 10.3 Å². The highest BCUT2D eigenvalue weighted by molar-refractivity contribution is 7.99. The minimum Gasteiger partial charge on any atom is -0.463 e. The lowest BCUT2D eigenvalue weighted by atomic mass is 9.90. The van der Waals surface area contributed by atoms with E-state index < -0.39 is 35.6 Å². The summed E-state index contributed by atoms with van der Waals surface area (Å²) in [7, 11) is 0. The Bertz CT molecular complexity index is 1080. The van der Waals surface area contributed by atoms with Crippen LogP contribution in [0.4, 0.5) is 0 Å². The number of esters is 2. The highest BCUT2D eigenvalue weighted by atomic mass is 35.5. The van der Waals surface area contributed by atoms with Crippen LogP contribution in [0, 0.1) is 5.92 Å². The second kappa shape index (κ2) is 12.2. The fraction of sp³-hybridized carbons (Fsp3) is 0.522. The Balaban J connectivity index is 1.98. The first-order valence-corrected chi connectivity index (χ1v) is 12.8. The van der Waals surface area contributed by atoms with E-state index in [-0.39, 0.29) is 24.0 Å². The fourth-order valence-electron chi connectivity index (χ4n) is 3.84. The number of halogens is 2. The summed E-state index contributed by atoms with van der Waals surface area (Å²) >= 11 is 13.6. The number of ether oxygens (including phenoxy) is 3. The summed E-state index contributed by atoms with van der Waals surface area (Å²) in [5.41, 5.74) is -0.235. The molecule has 0 radical (unpaired) electrons. The molecule has 9 nitrogen and oxygen atoms in total. The van der Waals surface area contributed by atoms with Crippen LogP contribution in [0.1, 0.15) is 57.1 Å². The molecule has 190 valence electrons. The van der Waals surface area contributed by atoms with E-state index in [9.17, 15) is 14.4 Å². The monoisotopic (exact) mass is 543 g/mol. The fourth-order valence-corrected chi connectivity index (χ4v) is 5.38. The SMILES string of the molecule is CCCC(=O)c1cn([C@@H]2C(C)[C@@H](Sc3ccc(Cl)c(Cl)c3)OC(COC(C)=O)[C@@H]2OC(C)=O)nn1. The molecular formula is C23H27Cl2N3O6S. The van der Waals surface area contributed by atoms with Gasteiger partial charge in [-0.2, -0.15) is 0 Å². The van der Waals surface area contributed by atoms with E-state index >= 15 is 0 Å². The Hall–Kier alpha value is -2.14. The number of hydrogen-bond donors (Lipinski definition) is 0. The zero-order valence-electron chi connectivity index (χ0n) is 19.8. The Labute approximate surface area is 217 Å². The summed E-state index contributed by atoms with van der Waals surface area (Å²) in [6.07, 6.45) is 0.958. The minimum absolute atomic E-state index is 0.124. The molecule has 0 amide bonds. The average Bonchev–Trinajstić information content (AvgIpc) is 3.27. The van der Waals surface area contributed by atoms with Gasteiger partial charge in [0.1, 0.15) is 23.8 Å². The van der Waals surface area contributed by atoms with Gasteiger partial charge in [0.2, 0.25) is 0 Å². The predicted molar refractivity (Wildman–Crippen MR) is 131 cm³/mol. The van der Waals surface area contributed by atoms with E-state index in [1.807, 2.05) is 19.9 Å². The third kappa shape index (κ3) is 6.97. The zero-order chi connectivity index (χ0) is 25.7. The van der Waals surface area contributed by atoms with Crippen LogP contribution >= 0.6 is 35.0 Å². The number of rotatable bonds is 9. The van der Waals surface area contributed by atoms with Gasteiger partial charge in [-0.3, -0.25) is 14.4 Å². The molecule has 1 aromatic heterocycles. The Morgan fingerprint density at radius 3 is 2.54 bits per heavy atom. The van der Waals surface area contributed by atoms with E-state index in [4.69, 9.17) is 37.4 Å². The smallest absolute Gasteiger partial charge is 0.303 e. The molecule has 12 heteroatoms. The first-order valence-electron chi connectivity index (χ1n) is 11.1. The standard InChI is InChI=1S/C23H27Cl2N3O6S/c1-5-6-19(31)18-10-28(27-26-18)21-12(2)23(35-15-7-8-16(24)17(25)9-15)34-20(11-32-13(3)29)22(21)33-14(4)30/h7-10,12,20-23H,5-6,11H2,1-4H3/t12?,20?,21-,22+,23-/m1/s1. The van der Waals surface area contributed by atoms with E-state index in [1.165, 1.54) is 30.3 Å². The second-order valence-corrected chi connectivity index (χ2v) is 10.2. The van der Waals surface area contributed by atoms with E-state index in [1.54, 1.807) is 18.3 Å². The van der Waals surface area contributed by atoms with E-state index in [0.717, 1.165) is 4.90 Å². The van der Waals surface area contributed by atoms with Crippen molar-refractivity contribution in [2.45, 2.75) is 69.1 Å². The Morgan fingerprint density at radius 1 is 1.17 bits per heavy atom. The van der Waals surface area contributed by atoms with Crippen molar-refractivity contribution in [2.24, 2.45) is 5.92 Å². The number of thioether (sulfide) groups is 1. The van der Waals surface area contributed by atoms with Gasteiger partial charge in [-0.05, 0) is 24.6 Å². The lowest BCUT2D eigenvalue weighted by Gasteiger charge is -2.44. The lowest BCUT2D eigenvalue weighted by molar-refractivity contribution is -0.191. The van der Waals surface area contributed by atoms with Crippen molar-refractivity contribution in [3.8, 4) is 0 Å². The normalized spacial score (nSPS) is 24.1. The molecule has 0 saturated carbocycles. The molecule has 3 rings (SSSR count). The topological polar surface area (TPSA) is 110 Å². The maximum absolute atomic E-state index is 12.4. The summed E-state index contributed by atoms with van der Waals surface area (Å²) in [5, 5.41) is 9.07. The van der Waals surface area contributed by atoms with Crippen LogP contribution in [0.3, 0.4) is 0 Å². The molecule has 2 aromatic rings. The number of carbonyl (C=O) groups excluding carboxylic acids is 3. The second-order valence-electron chi connectivity index (χ2n) is 8.22. The van der Waals surface area contributed by atoms with Gasteiger partial charge in [0, 0.05) is 31.1 Å². The molecule has 1 aliphatic rings. The van der Waals surface area contributed by atoms with Crippen LogP contribution in [0.2, 0.25) is 10.0 Å². The largest absolute Gasteiger partial charge is 0.463 e. The van der Waals surface area contributed by atoms with Gasteiger partial charge in [0.05, 0.1) is 22.3 Å². The summed E-state index contributed by atoms with van der Waals surface area (Å²) in [5.74, 6) is -1.42. The molecule has 2 heterocycles. The first-order chi connectivity index (χ1) is 16.6. The van der Waals surface area contributed by atoms with Gasteiger partial charge in [0.15, 0.2) is 11.9 Å². The van der Waals surface area contributed by atoms with E-state index in [0.29, 0.717) is 22.9 Å². The average molecular weight is 544 g/mol. The summed E-state index contributed by atoms with van der Waals surface area (Å²) in [6, 6.07) is 4.69. The number of benzene rings is 1. The summed E-state index contributed by atoms with van der Waals surface area (Å²) in [6.45, 7) is 6.27. The minimum atomic E-state index is -0.844. The van der Waals surface area contributed by atoms with Crippen molar-refractivity contribution in [3.63, 3.8) is 0 Å². The van der Waals surface area contributed by atoms with Gasteiger partial charge < -0.3 is 14.2 Å². The number of nitrogens with zero attached hydrogens (tertiary/aromatic N) is 3. The maximum Gasteiger partial charge on any atom is 0.303 e. The third-order valence-electron chi connectivity index (χ3n) is 5.45. The van der Waals surface area contributed by atoms with Crippen LogP contribution in [0.25, 0.3) is 0 Å². The van der Waals surface area contributed by atoms with Crippen molar-refractivity contribution in [3.05, 3.63) is 40.1 Å². The molecule has 0 aliphatic carbocycles. The number of hydrogen-bond acceptors (Lipinski definition) is 9. The molecular weight excluding hydrogens is 517 g/mol. The van der Waals surface area contributed by atoms with Crippen LogP contribution in [0.5, 0.6) is 0 Å². The molecule has 1 fully saturated rings. The van der Waals surface area contributed by atoms with Crippen molar-refractivity contribution in [1.82, 2.24) is 15.0 Å². The van der Waals surface area contributed by atoms with Crippen LogP contribution in [-0.2, 0) is 23.8 Å². The van der Waals surface area contributed by atoms with Crippen molar-refractivity contribution in [1.29, 1.82) is 0 Å². The molecule has 0 N–H and O–H groups in total. The molecule has 35 heavy (non-hydrogen) atoms. The quantitative estimate of drug-likeness (QED) is 0.326. The molecule has 2 unspecified atom stereocenters. The third-order valence-corrected chi connectivity index (χ3v) is 7.49. The molecule has 1 aromatic carbocycles.